The summed E-state index contributed by atoms with van der Waals surface area (Å²) in [5.41, 5.74) is -0.427. The first kappa shape index (κ1) is 15.1. The zero-order valence-electron chi connectivity index (χ0n) is 12.7. The van der Waals surface area contributed by atoms with Gasteiger partial charge in [-0.15, -0.1) is 0 Å². The summed E-state index contributed by atoms with van der Waals surface area (Å²) >= 11 is 0. The highest BCUT2D eigenvalue weighted by Gasteiger charge is 2.28. The number of hydrogen-bond donors (Lipinski definition) is 0. The Kier molecular flexibility index (Phi) is 4.86. The number of carbonyl (C=O) groups is 1. The lowest BCUT2D eigenvalue weighted by Gasteiger charge is -2.29. The van der Waals surface area contributed by atoms with Crippen LogP contribution in [0.5, 0.6) is 0 Å². The topological polar surface area (TPSA) is 42.7 Å². The van der Waals surface area contributed by atoms with Crippen LogP contribution in [0, 0.1) is 0 Å². The number of furan rings is 1. The first-order chi connectivity index (χ1) is 9.46. The van der Waals surface area contributed by atoms with Gasteiger partial charge in [0.25, 0.3) is 0 Å². The second kappa shape index (κ2) is 6.44. The van der Waals surface area contributed by atoms with Crippen molar-refractivity contribution in [3.05, 3.63) is 24.2 Å². The van der Waals surface area contributed by atoms with Crippen molar-refractivity contribution in [2.24, 2.45) is 0 Å². The molecule has 2 rings (SSSR count). The van der Waals surface area contributed by atoms with Crippen molar-refractivity contribution in [2.45, 2.75) is 58.1 Å². The highest BCUT2D eigenvalue weighted by molar-refractivity contribution is 5.72. The lowest BCUT2D eigenvalue weighted by Crippen LogP contribution is -2.37. The predicted molar refractivity (Wildman–Crippen MR) is 77.3 cm³/mol. The molecule has 0 saturated carbocycles. The van der Waals surface area contributed by atoms with E-state index in [2.05, 4.69) is 4.90 Å². The van der Waals surface area contributed by atoms with Crippen molar-refractivity contribution in [3.63, 3.8) is 0 Å². The van der Waals surface area contributed by atoms with Crippen molar-refractivity contribution >= 4 is 5.97 Å². The standard InChI is InChI=1S/C16H25NO3/c1-16(2,3)20-15(18)12-17-10-6-4-5-8-13(17)14-9-7-11-19-14/h7,9,11,13H,4-6,8,10,12H2,1-3H3. The Morgan fingerprint density at radius 1 is 1.40 bits per heavy atom. The summed E-state index contributed by atoms with van der Waals surface area (Å²) in [6.07, 6.45) is 6.25. The highest BCUT2D eigenvalue weighted by atomic mass is 16.6. The van der Waals surface area contributed by atoms with E-state index in [0.29, 0.717) is 6.54 Å². The third-order valence-electron chi connectivity index (χ3n) is 3.49. The molecule has 1 aliphatic heterocycles. The summed E-state index contributed by atoms with van der Waals surface area (Å²) in [6.45, 7) is 6.96. The van der Waals surface area contributed by atoms with Gasteiger partial charge in [0.05, 0.1) is 18.8 Å². The van der Waals surface area contributed by atoms with E-state index < -0.39 is 5.60 Å². The molecule has 1 aliphatic rings. The molecular weight excluding hydrogens is 254 g/mol. The Hall–Kier alpha value is -1.29. The van der Waals surface area contributed by atoms with Crippen molar-refractivity contribution in [1.29, 1.82) is 0 Å². The zero-order chi connectivity index (χ0) is 14.6. The third-order valence-corrected chi connectivity index (χ3v) is 3.49. The van der Waals surface area contributed by atoms with Crippen molar-refractivity contribution in [2.75, 3.05) is 13.1 Å². The van der Waals surface area contributed by atoms with Crippen molar-refractivity contribution in [1.82, 2.24) is 4.90 Å². The van der Waals surface area contributed by atoms with Gasteiger partial charge in [0.15, 0.2) is 0 Å². The van der Waals surface area contributed by atoms with Crippen molar-refractivity contribution < 1.29 is 13.9 Å². The molecule has 0 aromatic carbocycles. The molecule has 0 bridgehead atoms. The summed E-state index contributed by atoms with van der Waals surface area (Å²) < 4.78 is 11.0. The highest BCUT2D eigenvalue weighted by Crippen LogP contribution is 2.30. The summed E-state index contributed by atoms with van der Waals surface area (Å²) in [6, 6.07) is 4.10. The molecule has 1 atom stereocenters. The van der Waals surface area contributed by atoms with E-state index in [1.807, 2.05) is 32.9 Å². The van der Waals surface area contributed by atoms with Crippen LogP contribution in [0.2, 0.25) is 0 Å². The van der Waals surface area contributed by atoms with Crippen LogP contribution in [-0.2, 0) is 9.53 Å². The second-order valence-electron chi connectivity index (χ2n) is 6.44. The molecule has 4 heteroatoms. The summed E-state index contributed by atoms with van der Waals surface area (Å²) in [5.74, 6) is 0.798. The number of carbonyl (C=O) groups excluding carboxylic acids is 1. The van der Waals surface area contributed by atoms with E-state index >= 15 is 0 Å². The van der Waals surface area contributed by atoms with Gasteiger partial charge in [0, 0.05) is 0 Å². The first-order valence-corrected chi connectivity index (χ1v) is 7.45. The minimum atomic E-state index is -0.427. The average molecular weight is 279 g/mol. The Morgan fingerprint density at radius 2 is 2.20 bits per heavy atom. The number of likely N-dealkylation sites (tertiary alicyclic amines) is 1. The Labute approximate surface area is 121 Å². The maximum Gasteiger partial charge on any atom is 0.320 e. The molecule has 0 aliphatic carbocycles. The van der Waals surface area contributed by atoms with Gasteiger partial charge in [-0.1, -0.05) is 12.8 Å². The molecule has 1 aromatic heterocycles. The molecule has 1 saturated heterocycles. The smallest absolute Gasteiger partial charge is 0.320 e. The summed E-state index contributed by atoms with van der Waals surface area (Å²) in [4.78, 5) is 14.3. The van der Waals surface area contributed by atoms with E-state index in [4.69, 9.17) is 9.15 Å². The maximum atomic E-state index is 12.1. The van der Waals surface area contributed by atoms with Crippen LogP contribution in [0.3, 0.4) is 0 Å². The van der Waals surface area contributed by atoms with E-state index in [0.717, 1.165) is 25.1 Å². The molecule has 20 heavy (non-hydrogen) atoms. The molecule has 4 nitrogen and oxygen atoms in total. The van der Waals surface area contributed by atoms with Gasteiger partial charge >= 0.3 is 5.97 Å². The lowest BCUT2D eigenvalue weighted by atomic mass is 10.1. The molecule has 1 fully saturated rings. The van der Waals surface area contributed by atoms with Crippen LogP contribution in [0.15, 0.2) is 22.8 Å². The van der Waals surface area contributed by atoms with Gasteiger partial charge < -0.3 is 9.15 Å². The van der Waals surface area contributed by atoms with Gasteiger partial charge in [0.2, 0.25) is 0 Å². The van der Waals surface area contributed by atoms with Crippen LogP contribution in [0.25, 0.3) is 0 Å². The molecular formula is C16H25NO3. The number of ether oxygens (including phenoxy) is 1. The van der Waals surface area contributed by atoms with E-state index in [1.54, 1.807) is 6.26 Å². The van der Waals surface area contributed by atoms with E-state index in [1.165, 1.54) is 12.8 Å². The summed E-state index contributed by atoms with van der Waals surface area (Å²) in [5, 5.41) is 0. The zero-order valence-corrected chi connectivity index (χ0v) is 12.7. The van der Waals surface area contributed by atoms with Gasteiger partial charge in [-0.25, -0.2) is 0 Å². The number of hydrogen-bond acceptors (Lipinski definition) is 4. The molecule has 0 spiro atoms. The third kappa shape index (κ3) is 4.37. The first-order valence-electron chi connectivity index (χ1n) is 7.45. The molecule has 112 valence electrons. The fraction of sp³-hybridized carbons (Fsp3) is 0.688. The largest absolute Gasteiger partial charge is 0.468 e. The molecule has 0 radical (unpaired) electrons. The molecule has 1 aromatic rings. The number of rotatable bonds is 3. The van der Waals surface area contributed by atoms with E-state index in [-0.39, 0.29) is 12.0 Å². The van der Waals surface area contributed by atoms with Crippen LogP contribution < -0.4 is 0 Å². The van der Waals surface area contributed by atoms with Crippen LogP contribution in [0.4, 0.5) is 0 Å². The minimum absolute atomic E-state index is 0.157. The van der Waals surface area contributed by atoms with Gasteiger partial charge in [-0.05, 0) is 52.3 Å². The van der Waals surface area contributed by atoms with Crippen LogP contribution in [0.1, 0.15) is 58.3 Å². The van der Waals surface area contributed by atoms with Gasteiger partial charge in [0.1, 0.15) is 11.4 Å². The molecule has 0 N–H and O–H groups in total. The fourth-order valence-electron chi connectivity index (χ4n) is 2.70. The van der Waals surface area contributed by atoms with Crippen molar-refractivity contribution in [3.8, 4) is 0 Å². The molecule has 1 unspecified atom stereocenters. The normalized spacial score (nSPS) is 21.4. The fourth-order valence-corrected chi connectivity index (χ4v) is 2.70. The monoisotopic (exact) mass is 279 g/mol. The van der Waals surface area contributed by atoms with E-state index in [9.17, 15) is 4.79 Å². The number of nitrogens with zero attached hydrogens (tertiary/aromatic N) is 1. The quantitative estimate of drug-likeness (QED) is 0.794. The Bertz CT molecular complexity index is 419. The minimum Gasteiger partial charge on any atom is -0.468 e. The van der Waals surface area contributed by atoms with Crippen LogP contribution in [-0.4, -0.2) is 29.6 Å². The Morgan fingerprint density at radius 3 is 2.85 bits per heavy atom. The van der Waals surface area contributed by atoms with Gasteiger partial charge in [-0.2, -0.15) is 0 Å². The second-order valence-corrected chi connectivity index (χ2v) is 6.44. The number of esters is 1. The molecule has 0 amide bonds. The summed E-state index contributed by atoms with van der Waals surface area (Å²) in [7, 11) is 0. The Balaban J connectivity index is 2.03. The van der Waals surface area contributed by atoms with Gasteiger partial charge in [-0.3, -0.25) is 9.69 Å². The average Bonchev–Trinajstić information content (AvgIpc) is 2.75. The molecule has 2 heterocycles. The SMILES string of the molecule is CC(C)(C)OC(=O)CN1CCCCCC1c1ccco1. The predicted octanol–water partition coefficient (Wildman–Crippen LogP) is 3.54. The van der Waals surface area contributed by atoms with Crippen LogP contribution >= 0.6 is 0 Å². The maximum absolute atomic E-state index is 12.1. The lowest BCUT2D eigenvalue weighted by molar-refractivity contribution is -0.156.